The van der Waals surface area contributed by atoms with Crippen molar-refractivity contribution in [1.29, 1.82) is 0 Å². The highest BCUT2D eigenvalue weighted by Crippen LogP contribution is 2.28. The highest BCUT2D eigenvalue weighted by atomic mass is 32.2. The van der Waals surface area contributed by atoms with Gasteiger partial charge in [0.1, 0.15) is 10.6 Å². The van der Waals surface area contributed by atoms with Crippen LogP contribution in [0.4, 0.5) is 0 Å². The van der Waals surface area contributed by atoms with Gasteiger partial charge in [0.25, 0.3) is 0 Å². The van der Waals surface area contributed by atoms with E-state index in [-0.39, 0.29) is 10.6 Å². The molecule has 0 aromatic carbocycles. The highest BCUT2D eigenvalue weighted by Gasteiger charge is 2.28. The van der Waals surface area contributed by atoms with Crippen LogP contribution < -0.4 is 0 Å². The molecule has 106 valence electrons. The van der Waals surface area contributed by atoms with Crippen LogP contribution >= 0.6 is 0 Å². The second-order valence-corrected chi connectivity index (χ2v) is 7.10. The van der Waals surface area contributed by atoms with Crippen molar-refractivity contribution in [1.82, 2.24) is 8.87 Å². The molecule has 0 radical (unpaired) electrons. The van der Waals surface area contributed by atoms with E-state index in [1.165, 1.54) is 28.2 Å². The molecule has 0 amide bonds. The molecule has 1 aromatic rings. The predicted octanol–water partition coefficient (Wildman–Crippen LogP) is 1.14. The number of carbonyl (C=O) groups is 1. The summed E-state index contributed by atoms with van der Waals surface area (Å²) in [6.45, 7) is 0.500. The third-order valence-electron chi connectivity index (χ3n) is 3.65. The van der Waals surface area contributed by atoms with E-state index in [1.807, 2.05) is 0 Å². The van der Waals surface area contributed by atoms with Crippen molar-refractivity contribution in [2.75, 3.05) is 13.6 Å². The van der Waals surface area contributed by atoms with Gasteiger partial charge < -0.3 is 9.67 Å². The molecule has 1 N–H and O–H groups in total. The summed E-state index contributed by atoms with van der Waals surface area (Å²) in [5.74, 6) is -0.701. The Bertz CT molecular complexity index is 587. The molecule has 1 aromatic heterocycles. The van der Waals surface area contributed by atoms with Crippen molar-refractivity contribution in [3.63, 3.8) is 0 Å². The lowest BCUT2D eigenvalue weighted by atomic mass is 9.86. The van der Waals surface area contributed by atoms with Crippen LogP contribution in [0.5, 0.6) is 0 Å². The minimum atomic E-state index is -3.60. The number of aromatic nitrogens is 1. The number of aromatic carboxylic acids is 1. The molecular formula is C12H18N2O4S. The van der Waals surface area contributed by atoms with Gasteiger partial charge in [-0.1, -0.05) is 6.42 Å². The van der Waals surface area contributed by atoms with Crippen molar-refractivity contribution in [2.45, 2.75) is 24.2 Å². The van der Waals surface area contributed by atoms with Crippen molar-refractivity contribution in [2.24, 2.45) is 13.0 Å². The third-order valence-corrected chi connectivity index (χ3v) is 5.44. The van der Waals surface area contributed by atoms with Gasteiger partial charge >= 0.3 is 5.97 Å². The molecule has 0 bridgehead atoms. The lowest BCUT2D eigenvalue weighted by molar-refractivity contribution is 0.0686. The van der Waals surface area contributed by atoms with E-state index in [2.05, 4.69) is 0 Å². The fourth-order valence-corrected chi connectivity index (χ4v) is 3.52. The van der Waals surface area contributed by atoms with Gasteiger partial charge in [0.05, 0.1) is 0 Å². The molecule has 0 spiro atoms. The summed E-state index contributed by atoms with van der Waals surface area (Å²) in [5.41, 5.74) is -0.0318. The summed E-state index contributed by atoms with van der Waals surface area (Å²) in [5, 5.41) is 8.95. The van der Waals surface area contributed by atoms with E-state index >= 15 is 0 Å². The Morgan fingerprint density at radius 2 is 2.16 bits per heavy atom. The van der Waals surface area contributed by atoms with Crippen LogP contribution in [0.2, 0.25) is 0 Å². The summed E-state index contributed by atoms with van der Waals surface area (Å²) < 4.78 is 27.3. The maximum Gasteiger partial charge on any atom is 0.352 e. The summed E-state index contributed by atoms with van der Waals surface area (Å²) in [6.07, 6.45) is 4.63. The zero-order valence-corrected chi connectivity index (χ0v) is 11.9. The largest absolute Gasteiger partial charge is 0.477 e. The van der Waals surface area contributed by atoms with Gasteiger partial charge in [-0.2, -0.15) is 0 Å². The molecule has 1 aliphatic carbocycles. The maximum atomic E-state index is 12.3. The number of sulfonamides is 1. The van der Waals surface area contributed by atoms with Crippen molar-refractivity contribution >= 4 is 16.0 Å². The quantitative estimate of drug-likeness (QED) is 0.880. The van der Waals surface area contributed by atoms with E-state index in [0.29, 0.717) is 12.5 Å². The normalized spacial score (nSPS) is 16.6. The van der Waals surface area contributed by atoms with Crippen LogP contribution in [-0.2, 0) is 17.1 Å². The number of rotatable bonds is 5. The Balaban J connectivity index is 2.23. The van der Waals surface area contributed by atoms with E-state index < -0.39 is 16.0 Å². The maximum absolute atomic E-state index is 12.3. The first-order valence-electron chi connectivity index (χ1n) is 6.18. The first-order chi connectivity index (χ1) is 8.82. The molecule has 1 heterocycles. The molecule has 0 atom stereocenters. The first kappa shape index (κ1) is 14.1. The first-order valence-corrected chi connectivity index (χ1v) is 7.62. The minimum Gasteiger partial charge on any atom is -0.477 e. The number of hydrogen-bond acceptors (Lipinski definition) is 3. The topological polar surface area (TPSA) is 79.6 Å². The van der Waals surface area contributed by atoms with Crippen molar-refractivity contribution in [3.8, 4) is 0 Å². The zero-order valence-electron chi connectivity index (χ0n) is 11.0. The number of nitrogens with zero attached hydrogens (tertiary/aromatic N) is 2. The van der Waals surface area contributed by atoms with Gasteiger partial charge in [-0.3, -0.25) is 0 Å². The Morgan fingerprint density at radius 3 is 2.58 bits per heavy atom. The van der Waals surface area contributed by atoms with Gasteiger partial charge in [-0.05, 0) is 24.8 Å². The second kappa shape index (κ2) is 4.97. The predicted molar refractivity (Wildman–Crippen MR) is 69.5 cm³/mol. The van der Waals surface area contributed by atoms with Gasteiger partial charge in [-0.15, -0.1) is 0 Å². The second-order valence-electron chi connectivity index (χ2n) is 5.06. The van der Waals surface area contributed by atoms with Crippen LogP contribution in [0.25, 0.3) is 0 Å². The van der Waals surface area contributed by atoms with E-state index in [1.54, 1.807) is 7.05 Å². The number of carboxylic acid groups (broad SMARTS) is 1. The van der Waals surface area contributed by atoms with Crippen LogP contribution in [0, 0.1) is 5.92 Å². The number of aryl methyl sites for hydroxylation is 1. The Labute approximate surface area is 112 Å². The number of hydrogen-bond donors (Lipinski definition) is 1. The lowest BCUT2D eigenvalue weighted by Gasteiger charge is -2.29. The monoisotopic (exact) mass is 286 g/mol. The Hall–Kier alpha value is -1.34. The van der Waals surface area contributed by atoms with Gasteiger partial charge in [-0.25, -0.2) is 17.5 Å². The zero-order chi connectivity index (χ0) is 14.2. The fourth-order valence-electron chi connectivity index (χ4n) is 2.20. The van der Waals surface area contributed by atoms with Crippen LogP contribution in [0.15, 0.2) is 17.2 Å². The Morgan fingerprint density at radius 1 is 1.53 bits per heavy atom. The van der Waals surface area contributed by atoms with Crippen molar-refractivity contribution < 1.29 is 18.3 Å². The number of carboxylic acids is 1. The van der Waals surface area contributed by atoms with Gasteiger partial charge in [0.15, 0.2) is 0 Å². The average molecular weight is 286 g/mol. The van der Waals surface area contributed by atoms with Crippen LogP contribution in [-0.4, -0.2) is 42.0 Å². The summed E-state index contributed by atoms with van der Waals surface area (Å²) >= 11 is 0. The molecule has 0 saturated heterocycles. The van der Waals surface area contributed by atoms with E-state index in [0.717, 1.165) is 19.3 Å². The summed E-state index contributed by atoms with van der Waals surface area (Å²) in [6, 6.07) is 1.20. The van der Waals surface area contributed by atoms with Gasteiger partial charge in [0.2, 0.25) is 10.0 Å². The minimum absolute atomic E-state index is 0.0318. The average Bonchev–Trinajstić information content (AvgIpc) is 2.66. The molecule has 1 fully saturated rings. The van der Waals surface area contributed by atoms with Gasteiger partial charge in [0, 0.05) is 26.8 Å². The standard InChI is InChI=1S/C12H18N2O4S/c1-13-8-10(6-11(13)12(15)16)19(17,18)14(2)7-9-4-3-5-9/h6,8-9H,3-5,7H2,1-2H3,(H,15,16). The third kappa shape index (κ3) is 2.66. The molecule has 6 nitrogen and oxygen atoms in total. The molecule has 19 heavy (non-hydrogen) atoms. The lowest BCUT2D eigenvalue weighted by Crippen LogP contribution is -2.34. The summed E-state index contributed by atoms with van der Waals surface area (Å²) in [4.78, 5) is 11.0. The van der Waals surface area contributed by atoms with Crippen LogP contribution in [0.1, 0.15) is 29.8 Å². The van der Waals surface area contributed by atoms with E-state index in [9.17, 15) is 13.2 Å². The molecule has 1 saturated carbocycles. The van der Waals surface area contributed by atoms with Crippen LogP contribution in [0.3, 0.4) is 0 Å². The molecule has 0 unspecified atom stereocenters. The van der Waals surface area contributed by atoms with E-state index in [4.69, 9.17) is 5.11 Å². The molecular weight excluding hydrogens is 268 g/mol. The highest BCUT2D eigenvalue weighted by molar-refractivity contribution is 7.89. The van der Waals surface area contributed by atoms with Crippen molar-refractivity contribution in [3.05, 3.63) is 18.0 Å². The SMILES string of the molecule is CN(CC1CCC1)S(=O)(=O)c1cc(C(=O)O)n(C)c1. The molecule has 1 aliphatic rings. The smallest absolute Gasteiger partial charge is 0.352 e. The molecule has 0 aliphatic heterocycles. The fraction of sp³-hybridized carbons (Fsp3) is 0.583. The molecule has 2 rings (SSSR count). The summed E-state index contributed by atoms with van der Waals surface area (Å²) in [7, 11) is -0.531. The molecule has 7 heteroatoms. The Kier molecular flexibility index (Phi) is 3.69.